The summed E-state index contributed by atoms with van der Waals surface area (Å²) < 4.78 is 0. The highest BCUT2D eigenvalue weighted by Gasteiger charge is 2.14. The van der Waals surface area contributed by atoms with Crippen LogP contribution >= 0.6 is 11.3 Å². The second-order valence-corrected chi connectivity index (χ2v) is 7.03. The van der Waals surface area contributed by atoms with E-state index in [-0.39, 0.29) is 18.2 Å². The maximum Gasteiger partial charge on any atom is 0.259 e. The van der Waals surface area contributed by atoms with E-state index in [0.717, 1.165) is 15.3 Å². The van der Waals surface area contributed by atoms with Gasteiger partial charge in [-0.2, -0.15) is 0 Å². The van der Waals surface area contributed by atoms with E-state index in [9.17, 15) is 9.90 Å². The molecule has 2 heterocycles. The molecule has 0 saturated heterocycles. The lowest BCUT2D eigenvalue weighted by Gasteiger charge is -2.24. The zero-order valence-corrected chi connectivity index (χ0v) is 14.6. The zero-order valence-electron chi connectivity index (χ0n) is 13.8. The normalized spacial score (nSPS) is 11.7. The molecule has 0 aliphatic carbocycles. The molecule has 0 radical (unpaired) electrons. The number of aromatic amines is 1. The molecule has 0 amide bonds. The second-order valence-electron chi connectivity index (χ2n) is 6.00. The van der Waals surface area contributed by atoms with Gasteiger partial charge in [-0.1, -0.05) is 30.3 Å². The van der Waals surface area contributed by atoms with Crippen LogP contribution in [-0.2, 0) is 6.54 Å². The minimum Gasteiger partial charge on any atom is -0.395 e. The van der Waals surface area contributed by atoms with Crippen LogP contribution in [0, 0.1) is 0 Å². The third kappa shape index (κ3) is 3.56. The lowest BCUT2D eigenvalue weighted by molar-refractivity contribution is 0.156. The lowest BCUT2D eigenvalue weighted by Crippen LogP contribution is -2.34. The molecule has 0 fully saturated rings. The van der Waals surface area contributed by atoms with E-state index in [2.05, 4.69) is 28.7 Å². The first kappa shape index (κ1) is 16.8. The number of H-pyrrole nitrogens is 1. The Kier molecular flexibility index (Phi) is 5.08. The van der Waals surface area contributed by atoms with Gasteiger partial charge in [-0.25, -0.2) is 4.98 Å². The first-order valence-electron chi connectivity index (χ1n) is 8.01. The highest BCUT2D eigenvalue weighted by atomic mass is 32.1. The van der Waals surface area contributed by atoms with Crippen LogP contribution < -0.4 is 5.56 Å². The van der Waals surface area contributed by atoms with Gasteiger partial charge >= 0.3 is 0 Å². The largest absolute Gasteiger partial charge is 0.395 e. The highest BCUT2D eigenvalue weighted by molar-refractivity contribution is 7.21. The summed E-state index contributed by atoms with van der Waals surface area (Å²) in [4.78, 5) is 23.8. The molecule has 6 heteroatoms. The van der Waals surface area contributed by atoms with Gasteiger partial charge < -0.3 is 10.1 Å². The molecule has 0 bridgehead atoms. The minimum atomic E-state index is -0.110. The summed E-state index contributed by atoms with van der Waals surface area (Å²) >= 11 is 1.53. The van der Waals surface area contributed by atoms with E-state index in [4.69, 9.17) is 0 Å². The van der Waals surface area contributed by atoms with Gasteiger partial charge in [0.25, 0.3) is 5.56 Å². The van der Waals surface area contributed by atoms with Gasteiger partial charge in [0.15, 0.2) is 0 Å². The number of thiophene rings is 1. The number of fused-ring (bicyclic) bond motifs is 1. The molecule has 0 aliphatic rings. The molecule has 5 nitrogen and oxygen atoms in total. The molecule has 0 aliphatic heterocycles. The molecule has 0 atom stereocenters. The number of aromatic nitrogens is 2. The Morgan fingerprint density at radius 3 is 2.71 bits per heavy atom. The van der Waals surface area contributed by atoms with Gasteiger partial charge in [0, 0.05) is 17.5 Å². The van der Waals surface area contributed by atoms with Gasteiger partial charge in [-0.15, -0.1) is 11.3 Å². The Morgan fingerprint density at radius 1 is 1.29 bits per heavy atom. The van der Waals surface area contributed by atoms with Crippen molar-refractivity contribution >= 4 is 21.6 Å². The molecular formula is C18H21N3O2S. The van der Waals surface area contributed by atoms with Gasteiger partial charge in [-0.3, -0.25) is 9.69 Å². The fraction of sp³-hybridized carbons (Fsp3) is 0.333. The van der Waals surface area contributed by atoms with Crippen LogP contribution in [0.1, 0.15) is 19.7 Å². The molecule has 1 aromatic carbocycles. The summed E-state index contributed by atoms with van der Waals surface area (Å²) in [6, 6.07) is 12.2. The molecule has 3 aromatic rings. The van der Waals surface area contributed by atoms with Crippen molar-refractivity contribution in [2.24, 2.45) is 0 Å². The fourth-order valence-corrected chi connectivity index (χ4v) is 3.69. The average Bonchev–Trinajstić information content (AvgIpc) is 3.00. The van der Waals surface area contributed by atoms with Crippen LogP contribution in [0.25, 0.3) is 20.7 Å². The summed E-state index contributed by atoms with van der Waals surface area (Å²) in [7, 11) is 0. The maximum atomic E-state index is 12.4. The monoisotopic (exact) mass is 343 g/mol. The highest BCUT2D eigenvalue weighted by Crippen LogP contribution is 2.30. The van der Waals surface area contributed by atoms with Crippen molar-refractivity contribution in [1.29, 1.82) is 0 Å². The Morgan fingerprint density at radius 2 is 2.04 bits per heavy atom. The van der Waals surface area contributed by atoms with Gasteiger partial charge in [0.1, 0.15) is 10.7 Å². The van der Waals surface area contributed by atoms with Gasteiger partial charge in [0.05, 0.1) is 18.5 Å². The van der Waals surface area contributed by atoms with E-state index in [1.54, 1.807) is 0 Å². The summed E-state index contributed by atoms with van der Waals surface area (Å²) in [5.74, 6) is 0.635. The molecule has 2 N–H and O–H groups in total. The SMILES string of the molecule is CC(C)N(CCO)Cc1nc2sc(-c3ccccc3)cc2c(=O)[nH]1. The molecule has 0 spiro atoms. The third-order valence-corrected chi connectivity index (χ3v) is 5.06. The van der Waals surface area contributed by atoms with E-state index < -0.39 is 0 Å². The topological polar surface area (TPSA) is 69.2 Å². The number of hydrogen-bond acceptors (Lipinski definition) is 5. The molecule has 0 unspecified atom stereocenters. The van der Waals surface area contributed by atoms with Crippen molar-refractivity contribution in [3.8, 4) is 10.4 Å². The number of benzene rings is 1. The number of nitrogens with one attached hydrogen (secondary N) is 1. The van der Waals surface area contributed by atoms with Crippen LogP contribution in [-0.4, -0.2) is 39.2 Å². The van der Waals surface area contributed by atoms with Gasteiger partial charge in [-0.05, 0) is 25.5 Å². The number of nitrogens with zero attached hydrogens (tertiary/aromatic N) is 2. The van der Waals surface area contributed by atoms with Crippen molar-refractivity contribution in [3.63, 3.8) is 0 Å². The number of aliphatic hydroxyl groups is 1. The van der Waals surface area contributed by atoms with Crippen LogP contribution in [0.3, 0.4) is 0 Å². The third-order valence-electron chi connectivity index (χ3n) is 3.98. The predicted octanol–water partition coefficient (Wildman–Crippen LogP) is 2.85. The Bertz CT molecular complexity index is 871. The molecule has 3 rings (SSSR count). The van der Waals surface area contributed by atoms with E-state index in [1.165, 1.54) is 11.3 Å². The van der Waals surface area contributed by atoms with E-state index in [1.807, 2.05) is 36.4 Å². The predicted molar refractivity (Wildman–Crippen MR) is 98.3 cm³/mol. The van der Waals surface area contributed by atoms with Crippen molar-refractivity contribution in [2.45, 2.75) is 26.4 Å². The summed E-state index contributed by atoms with van der Waals surface area (Å²) in [6.45, 7) is 5.28. The van der Waals surface area contributed by atoms with Crippen LogP contribution in [0.5, 0.6) is 0 Å². The van der Waals surface area contributed by atoms with Crippen LogP contribution in [0.4, 0.5) is 0 Å². The van der Waals surface area contributed by atoms with E-state index >= 15 is 0 Å². The van der Waals surface area contributed by atoms with Crippen molar-refractivity contribution < 1.29 is 5.11 Å². The Labute approximate surface area is 144 Å². The summed E-state index contributed by atoms with van der Waals surface area (Å²) in [5, 5.41) is 9.81. The first-order chi connectivity index (χ1) is 11.6. The standard InChI is InChI=1S/C18H21N3O2S/c1-12(2)21(8-9-22)11-16-19-17(23)14-10-15(24-18(14)20-16)13-6-4-3-5-7-13/h3-7,10,12,22H,8-9,11H2,1-2H3,(H,19,20,23). The molecular weight excluding hydrogens is 322 g/mol. The zero-order chi connectivity index (χ0) is 17.1. The smallest absolute Gasteiger partial charge is 0.259 e. The molecule has 126 valence electrons. The fourth-order valence-electron chi connectivity index (χ4n) is 2.64. The first-order valence-corrected chi connectivity index (χ1v) is 8.83. The number of rotatable bonds is 6. The minimum absolute atomic E-state index is 0.0851. The van der Waals surface area contributed by atoms with Crippen LogP contribution in [0.15, 0.2) is 41.2 Å². The second kappa shape index (κ2) is 7.25. The average molecular weight is 343 g/mol. The Hall–Kier alpha value is -2.02. The number of aliphatic hydroxyl groups excluding tert-OH is 1. The van der Waals surface area contributed by atoms with Crippen molar-refractivity contribution in [3.05, 3.63) is 52.6 Å². The lowest BCUT2D eigenvalue weighted by atomic mass is 10.2. The summed E-state index contributed by atoms with van der Waals surface area (Å²) in [5.41, 5.74) is 0.978. The van der Waals surface area contributed by atoms with Crippen molar-refractivity contribution in [2.75, 3.05) is 13.2 Å². The summed E-state index contributed by atoms with van der Waals surface area (Å²) in [6.07, 6.45) is 0. The quantitative estimate of drug-likeness (QED) is 0.722. The molecule has 0 saturated carbocycles. The molecule has 2 aromatic heterocycles. The van der Waals surface area contributed by atoms with Crippen molar-refractivity contribution in [1.82, 2.24) is 14.9 Å². The van der Waals surface area contributed by atoms with E-state index in [0.29, 0.717) is 24.3 Å². The van der Waals surface area contributed by atoms with Gasteiger partial charge in [0.2, 0.25) is 0 Å². The maximum absolute atomic E-state index is 12.4. The molecule has 24 heavy (non-hydrogen) atoms. The van der Waals surface area contributed by atoms with Crippen LogP contribution in [0.2, 0.25) is 0 Å². The Balaban J connectivity index is 1.96. The number of hydrogen-bond donors (Lipinski definition) is 2.